The summed E-state index contributed by atoms with van der Waals surface area (Å²) < 4.78 is 0. The Balaban J connectivity index is 1.99. The van der Waals surface area contributed by atoms with Crippen molar-refractivity contribution in [3.8, 4) is 0 Å². The fraction of sp³-hybridized carbons (Fsp3) is 0.652. The summed E-state index contributed by atoms with van der Waals surface area (Å²) in [5, 5.41) is 9.51. The molecular formula is C23H37NO. The molecule has 2 rings (SSSR count). The van der Waals surface area contributed by atoms with Crippen molar-refractivity contribution in [1.29, 1.82) is 0 Å². The van der Waals surface area contributed by atoms with Crippen molar-refractivity contribution in [2.45, 2.75) is 90.0 Å². The third-order valence-corrected chi connectivity index (χ3v) is 5.33. The highest BCUT2D eigenvalue weighted by molar-refractivity contribution is 5.70. The molecule has 1 aliphatic rings. The second-order valence-electron chi connectivity index (χ2n) is 8.12. The Kier molecular flexibility index (Phi) is 8.18. The molecule has 1 aromatic carbocycles. The normalized spacial score (nSPS) is 16.7. The first-order valence-electron chi connectivity index (χ1n) is 10.3. The number of benzene rings is 1. The molecule has 25 heavy (non-hydrogen) atoms. The van der Waals surface area contributed by atoms with Crippen molar-refractivity contribution < 1.29 is 5.11 Å². The third kappa shape index (κ3) is 6.60. The fourth-order valence-electron chi connectivity index (χ4n) is 3.77. The topological polar surface area (TPSA) is 46.2 Å². The van der Waals surface area contributed by atoms with Gasteiger partial charge in [-0.25, -0.2) is 0 Å². The van der Waals surface area contributed by atoms with Gasteiger partial charge in [0, 0.05) is 5.54 Å². The van der Waals surface area contributed by atoms with Gasteiger partial charge in [-0.3, -0.25) is 0 Å². The first kappa shape index (κ1) is 20.2. The lowest BCUT2D eigenvalue weighted by atomic mass is 9.87. The molecule has 0 heterocycles. The van der Waals surface area contributed by atoms with Crippen LogP contribution in [0, 0.1) is 0 Å². The average Bonchev–Trinajstić information content (AvgIpc) is 2.79. The fourth-order valence-corrected chi connectivity index (χ4v) is 3.77. The van der Waals surface area contributed by atoms with E-state index in [4.69, 9.17) is 5.73 Å². The van der Waals surface area contributed by atoms with E-state index in [-0.39, 0.29) is 6.61 Å². The number of aryl methyl sites for hydroxylation is 2. The number of aliphatic hydroxyl groups excluding tert-OH is 1. The molecule has 2 nitrogen and oxygen atoms in total. The van der Waals surface area contributed by atoms with Gasteiger partial charge < -0.3 is 10.8 Å². The highest BCUT2D eigenvalue weighted by atomic mass is 16.3. The summed E-state index contributed by atoms with van der Waals surface area (Å²) >= 11 is 0. The molecule has 0 aliphatic heterocycles. The van der Waals surface area contributed by atoms with Gasteiger partial charge in [-0.1, -0.05) is 63.3 Å². The number of aliphatic hydroxyl groups is 1. The summed E-state index contributed by atoms with van der Waals surface area (Å²) in [6.07, 6.45) is 15.9. The molecule has 0 amide bonds. The average molecular weight is 344 g/mol. The molecule has 1 atom stereocenters. The van der Waals surface area contributed by atoms with Gasteiger partial charge in [-0.05, 0) is 67.7 Å². The summed E-state index contributed by atoms with van der Waals surface area (Å²) in [5.41, 5.74) is 11.3. The maximum Gasteiger partial charge on any atom is 0.0611 e. The zero-order chi connectivity index (χ0) is 18.1. The Labute approximate surface area is 154 Å². The number of hydrogen-bond donors (Lipinski definition) is 2. The molecule has 140 valence electrons. The van der Waals surface area contributed by atoms with Crippen LogP contribution >= 0.6 is 0 Å². The van der Waals surface area contributed by atoms with Crippen molar-refractivity contribution in [3.05, 3.63) is 41.0 Å². The predicted octanol–water partition coefficient (Wildman–Crippen LogP) is 5.41. The van der Waals surface area contributed by atoms with Gasteiger partial charge >= 0.3 is 0 Å². The Morgan fingerprint density at radius 1 is 1.12 bits per heavy atom. The second-order valence-corrected chi connectivity index (χ2v) is 8.12. The Morgan fingerprint density at radius 3 is 2.64 bits per heavy atom. The quantitative estimate of drug-likeness (QED) is 0.558. The summed E-state index contributed by atoms with van der Waals surface area (Å²) in [5.74, 6) is 0. The number of unbranched alkanes of at least 4 members (excludes halogenated alkanes) is 5. The van der Waals surface area contributed by atoms with Crippen LogP contribution in [-0.4, -0.2) is 17.3 Å². The van der Waals surface area contributed by atoms with Gasteiger partial charge in [0.15, 0.2) is 0 Å². The SMILES string of the molecule is CCCCCCCCc1ccc2c(c1)CCCC=C2CC(C)(N)CO. The molecule has 1 aromatic rings. The van der Waals surface area contributed by atoms with Crippen LogP contribution in [0.15, 0.2) is 24.3 Å². The summed E-state index contributed by atoms with van der Waals surface area (Å²) in [7, 11) is 0. The Bertz CT molecular complexity index is 559. The van der Waals surface area contributed by atoms with Gasteiger partial charge in [0.05, 0.1) is 6.61 Å². The molecular weight excluding hydrogens is 306 g/mol. The van der Waals surface area contributed by atoms with Gasteiger partial charge in [0.2, 0.25) is 0 Å². The van der Waals surface area contributed by atoms with E-state index in [1.165, 1.54) is 73.6 Å². The number of rotatable bonds is 10. The summed E-state index contributed by atoms with van der Waals surface area (Å²) in [4.78, 5) is 0. The van der Waals surface area contributed by atoms with Crippen molar-refractivity contribution in [2.75, 3.05) is 6.61 Å². The van der Waals surface area contributed by atoms with Crippen molar-refractivity contribution in [3.63, 3.8) is 0 Å². The van der Waals surface area contributed by atoms with Gasteiger partial charge in [-0.15, -0.1) is 0 Å². The van der Waals surface area contributed by atoms with E-state index in [0.717, 1.165) is 19.3 Å². The smallest absolute Gasteiger partial charge is 0.0611 e. The minimum absolute atomic E-state index is 0.0236. The maximum atomic E-state index is 9.51. The van der Waals surface area contributed by atoms with Crippen molar-refractivity contribution in [1.82, 2.24) is 0 Å². The molecule has 0 radical (unpaired) electrons. The molecule has 0 bridgehead atoms. The standard InChI is InChI=1S/C23H37NO/c1-3-4-5-6-7-8-11-19-14-15-22-20(16-19)12-9-10-13-21(22)17-23(2,24)18-25/h13-16,25H,3-12,17-18,24H2,1-2H3. The highest BCUT2D eigenvalue weighted by Gasteiger charge is 2.22. The van der Waals surface area contributed by atoms with E-state index >= 15 is 0 Å². The lowest BCUT2D eigenvalue weighted by Crippen LogP contribution is -2.40. The number of fused-ring (bicyclic) bond motifs is 1. The van der Waals surface area contributed by atoms with Gasteiger partial charge in [-0.2, -0.15) is 0 Å². The largest absolute Gasteiger partial charge is 0.394 e. The molecule has 0 spiro atoms. The molecule has 0 saturated heterocycles. The van der Waals surface area contributed by atoms with Crippen LogP contribution in [0.25, 0.3) is 5.57 Å². The van der Waals surface area contributed by atoms with E-state index in [2.05, 4.69) is 31.2 Å². The van der Waals surface area contributed by atoms with Gasteiger partial charge in [0.25, 0.3) is 0 Å². The van der Waals surface area contributed by atoms with Crippen LogP contribution in [0.2, 0.25) is 0 Å². The number of hydrogen-bond acceptors (Lipinski definition) is 2. The third-order valence-electron chi connectivity index (χ3n) is 5.33. The highest BCUT2D eigenvalue weighted by Crippen LogP contribution is 2.32. The van der Waals surface area contributed by atoms with Crippen LogP contribution in [0.3, 0.4) is 0 Å². The first-order valence-corrected chi connectivity index (χ1v) is 10.3. The van der Waals surface area contributed by atoms with E-state index in [1.807, 2.05) is 6.92 Å². The van der Waals surface area contributed by atoms with Crippen LogP contribution in [0.4, 0.5) is 0 Å². The Morgan fingerprint density at radius 2 is 1.88 bits per heavy atom. The molecule has 0 aromatic heterocycles. The molecule has 0 fully saturated rings. The maximum absolute atomic E-state index is 9.51. The van der Waals surface area contributed by atoms with Crippen LogP contribution in [0.5, 0.6) is 0 Å². The van der Waals surface area contributed by atoms with Crippen molar-refractivity contribution in [2.24, 2.45) is 5.73 Å². The molecule has 1 aliphatic carbocycles. The van der Waals surface area contributed by atoms with E-state index in [1.54, 1.807) is 0 Å². The first-order chi connectivity index (χ1) is 12.1. The zero-order valence-electron chi connectivity index (χ0n) is 16.3. The minimum Gasteiger partial charge on any atom is -0.394 e. The second kappa shape index (κ2) is 10.1. The Hall–Kier alpha value is -1.12. The summed E-state index contributed by atoms with van der Waals surface area (Å²) in [6.45, 7) is 4.23. The van der Waals surface area contributed by atoms with Gasteiger partial charge in [0.1, 0.15) is 0 Å². The van der Waals surface area contributed by atoms with Crippen LogP contribution < -0.4 is 5.73 Å². The van der Waals surface area contributed by atoms with E-state index in [0.29, 0.717) is 0 Å². The van der Waals surface area contributed by atoms with Crippen molar-refractivity contribution >= 4 is 5.57 Å². The molecule has 1 unspecified atom stereocenters. The minimum atomic E-state index is -0.537. The van der Waals surface area contributed by atoms with E-state index in [9.17, 15) is 5.11 Å². The lowest BCUT2D eigenvalue weighted by molar-refractivity contribution is 0.212. The van der Waals surface area contributed by atoms with Crippen LogP contribution in [-0.2, 0) is 12.8 Å². The van der Waals surface area contributed by atoms with E-state index < -0.39 is 5.54 Å². The number of allylic oxidation sites excluding steroid dienone is 1. The predicted molar refractivity (Wildman–Crippen MR) is 109 cm³/mol. The van der Waals surface area contributed by atoms with Crippen LogP contribution in [0.1, 0.15) is 88.3 Å². The zero-order valence-corrected chi connectivity index (χ0v) is 16.3. The molecule has 0 saturated carbocycles. The molecule has 2 heteroatoms. The molecule has 3 N–H and O–H groups in total. The summed E-state index contributed by atoms with van der Waals surface area (Å²) in [6, 6.07) is 7.02. The lowest BCUT2D eigenvalue weighted by Gasteiger charge is -2.24. The monoisotopic (exact) mass is 343 g/mol. The number of nitrogens with two attached hydrogens (primary N) is 1.